The number of carbonyl (C=O) groups excluding carboxylic acids is 1. The number of amides is 1. The fraction of sp³-hybridized carbons (Fsp3) is 0.444. The van der Waals surface area contributed by atoms with Crippen molar-refractivity contribution < 1.29 is 31.1 Å². The minimum atomic E-state index is -4.73. The third-order valence-corrected chi connectivity index (χ3v) is 5.31. The molecule has 1 aromatic heterocycles. The molecule has 2 heterocycles. The normalized spacial score (nSPS) is 15.6. The van der Waals surface area contributed by atoms with E-state index in [2.05, 4.69) is 5.10 Å². The molecular formula is C18H17ClF6N4O. The lowest BCUT2D eigenvalue weighted by molar-refractivity contribution is -0.142. The van der Waals surface area contributed by atoms with Crippen molar-refractivity contribution in [3.8, 4) is 0 Å². The molecule has 1 amide bonds. The molecule has 0 spiro atoms. The molecule has 3 rings (SSSR count). The quantitative estimate of drug-likeness (QED) is 0.652. The number of rotatable bonds is 3. The molecule has 1 aliphatic rings. The Labute approximate surface area is 172 Å². The molecular weight excluding hydrogens is 438 g/mol. The highest BCUT2D eigenvalue weighted by Crippen LogP contribution is 2.35. The zero-order chi connectivity index (χ0) is 22.3. The number of halogens is 7. The van der Waals surface area contributed by atoms with Gasteiger partial charge >= 0.3 is 12.4 Å². The second kappa shape index (κ2) is 8.01. The number of nitrogens with zero attached hydrogens (tertiary/aromatic N) is 4. The predicted octanol–water partition coefficient (Wildman–Crippen LogP) is 4.23. The van der Waals surface area contributed by atoms with E-state index in [1.807, 2.05) is 0 Å². The Balaban J connectivity index is 1.64. The second-order valence-corrected chi connectivity index (χ2v) is 7.20. The number of anilines is 1. The lowest BCUT2D eigenvalue weighted by atomic mass is 10.1. The van der Waals surface area contributed by atoms with Crippen LogP contribution in [0.15, 0.2) is 24.3 Å². The molecule has 0 aliphatic carbocycles. The van der Waals surface area contributed by atoms with Crippen molar-refractivity contribution in [3.63, 3.8) is 0 Å². The van der Waals surface area contributed by atoms with Gasteiger partial charge in [-0.3, -0.25) is 9.48 Å². The number of alkyl halides is 6. The monoisotopic (exact) mass is 454 g/mol. The minimum Gasteiger partial charge on any atom is -0.368 e. The van der Waals surface area contributed by atoms with Gasteiger partial charge in [0.25, 0.3) is 0 Å². The first-order chi connectivity index (χ1) is 13.9. The molecule has 0 radical (unpaired) electrons. The molecule has 0 unspecified atom stereocenters. The van der Waals surface area contributed by atoms with E-state index in [1.54, 1.807) is 11.0 Å². The van der Waals surface area contributed by atoms with Crippen LogP contribution >= 0.6 is 11.6 Å². The van der Waals surface area contributed by atoms with Gasteiger partial charge in [0.15, 0.2) is 5.69 Å². The standard InChI is InChI=1S/C18H17ClF6N4O/c1-11-15(19)16(18(23,24)25)26-29(11)10-14(30)28-7-5-27(6-8-28)13-4-2-3-12(9-13)17(20,21)22/h2-4,9H,5-8,10H2,1H3. The van der Waals surface area contributed by atoms with Crippen LogP contribution in [0, 0.1) is 6.92 Å². The van der Waals surface area contributed by atoms with Crippen LogP contribution in [0.4, 0.5) is 32.0 Å². The molecule has 30 heavy (non-hydrogen) atoms. The number of hydrogen-bond donors (Lipinski definition) is 0. The summed E-state index contributed by atoms with van der Waals surface area (Å²) in [7, 11) is 0. The van der Waals surface area contributed by atoms with Crippen molar-refractivity contribution in [2.75, 3.05) is 31.1 Å². The van der Waals surface area contributed by atoms with Crippen LogP contribution in [0.5, 0.6) is 0 Å². The molecule has 1 saturated heterocycles. The summed E-state index contributed by atoms with van der Waals surface area (Å²) in [5.74, 6) is -0.449. The topological polar surface area (TPSA) is 41.4 Å². The average molecular weight is 455 g/mol. The van der Waals surface area contributed by atoms with Crippen molar-refractivity contribution in [1.82, 2.24) is 14.7 Å². The summed E-state index contributed by atoms with van der Waals surface area (Å²) in [6.07, 6.45) is -9.18. The highest BCUT2D eigenvalue weighted by molar-refractivity contribution is 6.32. The average Bonchev–Trinajstić information content (AvgIpc) is 2.96. The summed E-state index contributed by atoms with van der Waals surface area (Å²) in [4.78, 5) is 15.6. The van der Waals surface area contributed by atoms with E-state index in [4.69, 9.17) is 11.6 Å². The van der Waals surface area contributed by atoms with Gasteiger partial charge in [-0.1, -0.05) is 17.7 Å². The van der Waals surface area contributed by atoms with Crippen molar-refractivity contribution >= 4 is 23.2 Å². The molecule has 1 aromatic carbocycles. The van der Waals surface area contributed by atoms with Crippen molar-refractivity contribution in [2.24, 2.45) is 0 Å². The Bertz CT molecular complexity index is 932. The van der Waals surface area contributed by atoms with Crippen LogP contribution < -0.4 is 4.90 Å². The maximum atomic E-state index is 12.9. The Hall–Kier alpha value is -2.43. The Morgan fingerprint density at radius 3 is 2.23 bits per heavy atom. The van der Waals surface area contributed by atoms with Gasteiger partial charge in [0.2, 0.25) is 5.91 Å². The highest BCUT2D eigenvalue weighted by Gasteiger charge is 2.38. The Kier molecular flexibility index (Phi) is 5.94. The molecule has 0 saturated carbocycles. The van der Waals surface area contributed by atoms with Crippen LogP contribution in [0.3, 0.4) is 0 Å². The largest absolute Gasteiger partial charge is 0.436 e. The first-order valence-corrected chi connectivity index (χ1v) is 9.26. The predicted molar refractivity (Wildman–Crippen MR) is 97.2 cm³/mol. The molecule has 1 fully saturated rings. The van der Waals surface area contributed by atoms with E-state index in [0.29, 0.717) is 18.8 Å². The lowest BCUT2D eigenvalue weighted by Gasteiger charge is -2.36. The highest BCUT2D eigenvalue weighted by atomic mass is 35.5. The van der Waals surface area contributed by atoms with Gasteiger partial charge < -0.3 is 9.80 Å². The van der Waals surface area contributed by atoms with Gasteiger partial charge in [0, 0.05) is 31.9 Å². The van der Waals surface area contributed by atoms with Crippen LogP contribution in [0.25, 0.3) is 0 Å². The molecule has 5 nitrogen and oxygen atoms in total. The summed E-state index contributed by atoms with van der Waals surface area (Å²) in [6, 6.07) is 4.90. The molecule has 12 heteroatoms. The number of benzene rings is 1. The van der Waals surface area contributed by atoms with E-state index in [0.717, 1.165) is 16.8 Å². The van der Waals surface area contributed by atoms with Gasteiger partial charge in [-0.2, -0.15) is 31.4 Å². The zero-order valence-corrected chi connectivity index (χ0v) is 16.4. The first-order valence-electron chi connectivity index (χ1n) is 8.88. The smallest absolute Gasteiger partial charge is 0.368 e. The van der Waals surface area contributed by atoms with Crippen LogP contribution in [-0.4, -0.2) is 46.8 Å². The number of carbonyl (C=O) groups is 1. The third-order valence-electron chi connectivity index (χ3n) is 4.86. The summed E-state index contributed by atoms with van der Waals surface area (Å²) < 4.78 is 78.3. The van der Waals surface area contributed by atoms with Crippen LogP contribution in [-0.2, 0) is 23.7 Å². The van der Waals surface area contributed by atoms with E-state index in [-0.39, 0.29) is 18.8 Å². The summed E-state index contributed by atoms with van der Waals surface area (Å²) in [5, 5.41) is 2.85. The van der Waals surface area contributed by atoms with E-state index in [9.17, 15) is 31.1 Å². The fourth-order valence-electron chi connectivity index (χ4n) is 3.18. The lowest BCUT2D eigenvalue weighted by Crippen LogP contribution is -2.49. The summed E-state index contributed by atoms with van der Waals surface area (Å²) >= 11 is 5.68. The van der Waals surface area contributed by atoms with Crippen molar-refractivity contribution in [2.45, 2.75) is 25.8 Å². The van der Waals surface area contributed by atoms with E-state index < -0.39 is 41.1 Å². The summed E-state index contributed by atoms with van der Waals surface area (Å²) in [6.45, 7) is 1.94. The van der Waals surface area contributed by atoms with E-state index in [1.165, 1.54) is 17.9 Å². The van der Waals surface area contributed by atoms with Gasteiger partial charge in [-0.25, -0.2) is 0 Å². The van der Waals surface area contributed by atoms with Crippen LogP contribution in [0.2, 0.25) is 5.02 Å². The second-order valence-electron chi connectivity index (χ2n) is 6.82. The Morgan fingerprint density at radius 1 is 1.07 bits per heavy atom. The molecule has 0 N–H and O–H groups in total. The fourth-order valence-corrected chi connectivity index (χ4v) is 3.42. The number of aromatic nitrogens is 2. The molecule has 0 atom stereocenters. The first kappa shape index (κ1) is 22.3. The third kappa shape index (κ3) is 4.66. The maximum absolute atomic E-state index is 12.9. The van der Waals surface area contributed by atoms with E-state index >= 15 is 0 Å². The molecule has 2 aromatic rings. The zero-order valence-electron chi connectivity index (χ0n) is 15.7. The van der Waals surface area contributed by atoms with Gasteiger partial charge in [-0.15, -0.1) is 0 Å². The van der Waals surface area contributed by atoms with Gasteiger partial charge in [0.1, 0.15) is 6.54 Å². The number of hydrogen-bond acceptors (Lipinski definition) is 3. The van der Waals surface area contributed by atoms with Crippen LogP contribution in [0.1, 0.15) is 17.0 Å². The van der Waals surface area contributed by atoms with Gasteiger partial charge in [0.05, 0.1) is 16.3 Å². The Morgan fingerprint density at radius 2 is 1.70 bits per heavy atom. The number of piperazine rings is 1. The van der Waals surface area contributed by atoms with Crippen molar-refractivity contribution in [1.29, 1.82) is 0 Å². The maximum Gasteiger partial charge on any atom is 0.436 e. The van der Waals surface area contributed by atoms with Crippen molar-refractivity contribution in [3.05, 3.63) is 46.2 Å². The van der Waals surface area contributed by atoms with Gasteiger partial charge in [-0.05, 0) is 25.1 Å². The minimum absolute atomic E-state index is 0.0277. The molecule has 0 bridgehead atoms. The molecule has 164 valence electrons. The summed E-state index contributed by atoms with van der Waals surface area (Å²) in [5.41, 5.74) is -1.59. The SMILES string of the molecule is Cc1c(Cl)c(C(F)(F)F)nn1CC(=O)N1CCN(c2cccc(C(F)(F)F)c2)CC1. The molecule has 1 aliphatic heterocycles.